The van der Waals surface area contributed by atoms with Crippen molar-refractivity contribution >= 4 is 11.3 Å². The highest BCUT2D eigenvalue weighted by atomic mass is 32.1. The average Bonchev–Trinajstić information content (AvgIpc) is 2.43. The summed E-state index contributed by atoms with van der Waals surface area (Å²) >= 11 is 1.80. The number of hydroxylamine groups is 2. The van der Waals surface area contributed by atoms with Gasteiger partial charge in [0.25, 0.3) is 0 Å². The first-order valence-electron chi connectivity index (χ1n) is 5.34. The summed E-state index contributed by atoms with van der Waals surface area (Å²) in [6, 6.07) is 2.26. The average molecular weight is 225 g/mol. The fourth-order valence-corrected chi connectivity index (χ4v) is 3.73. The number of thiophene rings is 1. The van der Waals surface area contributed by atoms with Gasteiger partial charge in [0.05, 0.1) is 5.54 Å². The van der Waals surface area contributed by atoms with E-state index >= 15 is 0 Å². The molecule has 2 heterocycles. The van der Waals surface area contributed by atoms with Crippen LogP contribution in [0.4, 0.5) is 0 Å². The van der Waals surface area contributed by atoms with Crippen LogP contribution in [0.15, 0.2) is 6.07 Å². The Morgan fingerprint density at radius 1 is 1.33 bits per heavy atom. The number of hydrogen-bond acceptors (Lipinski definition) is 3. The molecule has 1 aromatic rings. The molecule has 0 aliphatic carbocycles. The fraction of sp³-hybridized carbons (Fsp3) is 0.667. The molecule has 15 heavy (non-hydrogen) atoms. The van der Waals surface area contributed by atoms with Gasteiger partial charge in [0.1, 0.15) is 0 Å². The van der Waals surface area contributed by atoms with E-state index in [0.717, 1.165) is 6.42 Å². The standard InChI is InChI=1S/C12H19NOS/c1-8-6-9-7-11(2,3)13(14)12(4,5)10(9)15-8/h6,14H,7H2,1-5H3. The molecule has 0 saturated carbocycles. The molecule has 0 unspecified atom stereocenters. The maximum Gasteiger partial charge on any atom is 0.0753 e. The lowest BCUT2D eigenvalue weighted by molar-refractivity contribution is -0.232. The van der Waals surface area contributed by atoms with E-state index in [1.165, 1.54) is 20.4 Å². The lowest BCUT2D eigenvalue weighted by Gasteiger charge is -2.48. The highest BCUT2D eigenvalue weighted by Gasteiger charge is 2.45. The minimum Gasteiger partial charge on any atom is -0.313 e. The predicted octanol–water partition coefficient (Wildman–Crippen LogP) is 3.32. The molecule has 0 atom stereocenters. The molecule has 3 heteroatoms. The summed E-state index contributed by atoms with van der Waals surface area (Å²) in [7, 11) is 0. The van der Waals surface area contributed by atoms with Gasteiger partial charge in [-0.25, -0.2) is 0 Å². The van der Waals surface area contributed by atoms with E-state index in [0.29, 0.717) is 0 Å². The second-order valence-electron chi connectivity index (χ2n) is 5.57. The van der Waals surface area contributed by atoms with Crippen LogP contribution in [0.3, 0.4) is 0 Å². The van der Waals surface area contributed by atoms with Gasteiger partial charge in [-0.05, 0) is 52.7 Å². The van der Waals surface area contributed by atoms with Crippen molar-refractivity contribution in [2.45, 2.75) is 52.1 Å². The first kappa shape index (κ1) is 11.1. The van der Waals surface area contributed by atoms with Gasteiger partial charge in [-0.2, -0.15) is 5.06 Å². The Morgan fingerprint density at radius 3 is 2.53 bits per heavy atom. The molecule has 1 aliphatic heterocycles. The summed E-state index contributed by atoms with van der Waals surface area (Å²) in [6.07, 6.45) is 0.923. The van der Waals surface area contributed by atoms with Gasteiger partial charge in [0.15, 0.2) is 0 Å². The van der Waals surface area contributed by atoms with E-state index in [9.17, 15) is 5.21 Å². The third-order valence-electron chi connectivity index (χ3n) is 3.21. The molecule has 0 bridgehead atoms. The highest BCUT2D eigenvalue weighted by Crippen LogP contribution is 2.44. The summed E-state index contributed by atoms with van der Waals surface area (Å²) in [6.45, 7) is 10.5. The third kappa shape index (κ3) is 1.53. The van der Waals surface area contributed by atoms with Crippen LogP contribution in [-0.4, -0.2) is 15.8 Å². The maximum atomic E-state index is 10.3. The van der Waals surface area contributed by atoms with Crippen LogP contribution >= 0.6 is 11.3 Å². The molecule has 0 aromatic carbocycles. The second-order valence-corrected chi connectivity index (χ2v) is 6.83. The minimum absolute atomic E-state index is 0.177. The van der Waals surface area contributed by atoms with E-state index in [2.05, 4.69) is 40.7 Å². The molecule has 1 aromatic heterocycles. The number of rotatable bonds is 0. The smallest absolute Gasteiger partial charge is 0.0753 e. The quantitative estimate of drug-likeness (QED) is 0.732. The van der Waals surface area contributed by atoms with Gasteiger partial charge in [0, 0.05) is 15.3 Å². The molecule has 0 radical (unpaired) electrons. The van der Waals surface area contributed by atoms with Gasteiger partial charge < -0.3 is 5.21 Å². The van der Waals surface area contributed by atoms with Gasteiger partial charge in [0.2, 0.25) is 0 Å². The molecule has 1 aliphatic rings. The summed E-state index contributed by atoms with van der Waals surface area (Å²) in [5.41, 5.74) is 0.956. The van der Waals surface area contributed by atoms with E-state index in [-0.39, 0.29) is 11.1 Å². The zero-order chi connectivity index (χ0) is 11.4. The molecule has 0 spiro atoms. The van der Waals surface area contributed by atoms with Gasteiger partial charge >= 0.3 is 0 Å². The van der Waals surface area contributed by atoms with Crippen LogP contribution in [0.2, 0.25) is 0 Å². The Hall–Kier alpha value is -0.380. The summed E-state index contributed by atoms with van der Waals surface area (Å²) < 4.78 is 0. The summed E-state index contributed by atoms with van der Waals surface area (Å²) in [5, 5.41) is 11.8. The molecular formula is C12H19NOS. The van der Waals surface area contributed by atoms with Crippen molar-refractivity contribution in [1.29, 1.82) is 0 Å². The van der Waals surface area contributed by atoms with Crippen LogP contribution in [0, 0.1) is 6.92 Å². The second kappa shape index (κ2) is 3.06. The van der Waals surface area contributed by atoms with Crippen LogP contribution in [0.25, 0.3) is 0 Å². The number of fused-ring (bicyclic) bond motifs is 1. The maximum absolute atomic E-state index is 10.3. The lowest BCUT2D eigenvalue weighted by atomic mass is 9.82. The lowest BCUT2D eigenvalue weighted by Crippen LogP contribution is -2.56. The van der Waals surface area contributed by atoms with Crippen molar-refractivity contribution in [3.63, 3.8) is 0 Å². The van der Waals surface area contributed by atoms with Gasteiger partial charge in [-0.3, -0.25) is 0 Å². The van der Waals surface area contributed by atoms with E-state index < -0.39 is 0 Å². The van der Waals surface area contributed by atoms with Crippen molar-refractivity contribution in [1.82, 2.24) is 5.06 Å². The van der Waals surface area contributed by atoms with Crippen LogP contribution in [0.5, 0.6) is 0 Å². The van der Waals surface area contributed by atoms with Crippen molar-refractivity contribution in [2.75, 3.05) is 0 Å². The van der Waals surface area contributed by atoms with E-state index in [1.54, 1.807) is 11.3 Å². The number of nitrogens with zero attached hydrogens (tertiary/aromatic N) is 1. The Bertz CT molecular complexity index is 392. The Labute approximate surface area is 95.5 Å². The molecular weight excluding hydrogens is 206 g/mol. The largest absolute Gasteiger partial charge is 0.313 e. The molecule has 0 amide bonds. The predicted molar refractivity (Wildman–Crippen MR) is 63.5 cm³/mol. The molecule has 1 N–H and O–H groups in total. The van der Waals surface area contributed by atoms with Crippen molar-refractivity contribution < 1.29 is 5.21 Å². The SMILES string of the molecule is Cc1cc2c(s1)C(C)(C)N(O)C(C)(C)C2. The van der Waals surface area contributed by atoms with Crippen molar-refractivity contribution in [3.05, 3.63) is 21.4 Å². The van der Waals surface area contributed by atoms with Crippen molar-refractivity contribution in [3.8, 4) is 0 Å². The Morgan fingerprint density at radius 2 is 1.93 bits per heavy atom. The molecule has 2 rings (SSSR count). The minimum atomic E-state index is -0.268. The molecule has 0 saturated heterocycles. The van der Waals surface area contributed by atoms with E-state index in [1.807, 2.05) is 0 Å². The van der Waals surface area contributed by atoms with Crippen LogP contribution < -0.4 is 0 Å². The highest BCUT2D eigenvalue weighted by molar-refractivity contribution is 7.12. The zero-order valence-electron chi connectivity index (χ0n) is 10.1. The summed E-state index contributed by atoms with van der Waals surface area (Å²) in [4.78, 5) is 2.64. The van der Waals surface area contributed by atoms with Gasteiger partial charge in [-0.1, -0.05) is 0 Å². The normalized spacial score (nSPS) is 23.9. The third-order valence-corrected chi connectivity index (χ3v) is 4.62. The van der Waals surface area contributed by atoms with Crippen molar-refractivity contribution in [2.24, 2.45) is 0 Å². The Kier molecular flexibility index (Phi) is 2.27. The summed E-state index contributed by atoms with van der Waals surface area (Å²) in [5.74, 6) is 0. The monoisotopic (exact) mass is 225 g/mol. The Balaban J connectivity index is 2.58. The van der Waals surface area contributed by atoms with Crippen LogP contribution in [-0.2, 0) is 12.0 Å². The molecule has 2 nitrogen and oxygen atoms in total. The fourth-order valence-electron chi connectivity index (χ4n) is 2.61. The molecule has 84 valence electrons. The van der Waals surface area contributed by atoms with Gasteiger partial charge in [-0.15, -0.1) is 11.3 Å². The first-order chi connectivity index (χ1) is 6.75. The van der Waals surface area contributed by atoms with Crippen LogP contribution in [0.1, 0.15) is 43.0 Å². The number of hydrogen-bond donors (Lipinski definition) is 1. The zero-order valence-corrected chi connectivity index (χ0v) is 10.9. The number of aryl methyl sites for hydroxylation is 1. The van der Waals surface area contributed by atoms with E-state index in [4.69, 9.17) is 0 Å². The topological polar surface area (TPSA) is 23.5 Å². The first-order valence-corrected chi connectivity index (χ1v) is 6.16. The molecule has 0 fully saturated rings.